The molecule has 0 saturated carbocycles. The number of para-hydroxylation sites is 1. The lowest BCUT2D eigenvalue weighted by Gasteiger charge is -2.34. The molecule has 1 aliphatic rings. The molecule has 0 spiro atoms. The molecule has 1 atom stereocenters. The molecule has 3 nitrogen and oxygen atoms in total. The van der Waals surface area contributed by atoms with Crippen LogP contribution in [0.25, 0.3) is 95.3 Å². The van der Waals surface area contributed by atoms with Crippen molar-refractivity contribution in [1.82, 2.24) is 4.57 Å². The van der Waals surface area contributed by atoms with Gasteiger partial charge in [0.1, 0.15) is 5.75 Å². The van der Waals surface area contributed by atoms with E-state index in [4.69, 9.17) is 4.74 Å². The Morgan fingerprint density at radius 1 is 0.369 bits per heavy atom. The van der Waals surface area contributed by atoms with Crippen molar-refractivity contribution < 1.29 is 4.74 Å². The molecular weight excluding hydrogens is 1020 g/mol. The third kappa shape index (κ3) is 9.60. The van der Waals surface area contributed by atoms with Gasteiger partial charge in [0.15, 0.2) is 0 Å². The summed E-state index contributed by atoms with van der Waals surface area (Å²) in [5.74, 6) is 0.888. The summed E-state index contributed by atoms with van der Waals surface area (Å²) in [7, 11) is 0. The van der Waals surface area contributed by atoms with Gasteiger partial charge in [-0.3, -0.25) is 0 Å². The number of hydrogen-bond acceptors (Lipinski definition) is 2. The topological polar surface area (TPSA) is 17.4 Å². The fourth-order valence-electron chi connectivity index (χ4n) is 12.9. The number of benzene rings is 12. The molecule has 3 heteroatoms. The van der Waals surface area contributed by atoms with E-state index in [0.29, 0.717) is 6.61 Å². The molecule has 0 aliphatic heterocycles. The van der Waals surface area contributed by atoms with Crippen LogP contribution in [0.2, 0.25) is 0 Å². The summed E-state index contributed by atoms with van der Waals surface area (Å²) < 4.78 is 8.85. The number of rotatable bonds is 17. The molecular formula is C81H62N2O. The summed E-state index contributed by atoms with van der Waals surface area (Å²) in [6, 6.07) is 107. The maximum Gasteiger partial charge on any atom is 0.119 e. The maximum absolute atomic E-state index is 6.45. The standard InChI is InChI=1S/C81H62N2O/c1-3-57-26-30-60(31-27-57)62-38-47-72(48-39-62)84-53-17-16-52-81(67-20-10-6-11-21-67)77-25-15-14-24-73(77)74-49-46-71(56-78(74)81)82(69-42-34-61(35-43-69)59-18-8-5-9-19-59)70-44-36-64(37-45-70)66-41-51-80-76(55-66)75-54-65(63-32-28-58(4-2)29-33-63)40-50-79(75)83(80)68-22-12-7-13-23-68/h3-15,18-51,54-56H,1-2,16-17,52-53H2. The largest absolute Gasteiger partial charge is 0.494 e. The lowest BCUT2D eigenvalue weighted by molar-refractivity contribution is 0.301. The van der Waals surface area contributed by atoms with Crippen LogP contribution >= 0.6 is 0 Å². The molecule has 0 radical (unpaired) electrons. The van der Waals surface area contributed by atoms with Crippen molar-refractivity contribution in [3.05, 3.63) is 332 Å². The average molecular weight is 1080 g/mol. The molecule has 0 fully saturated rings. The van der Waals surface area contributed by atoms with Crippen LogP contribution in [0.15, 0.2) is 304 Å². The van der Waals surface area contributed by atoms with Gasteiger partial charge in [0, 0.05) is 38.9 Å². The van der Waals surface area contributed by atoms with Crippen molar-refractivity contribution in [3.8, 4) is 67.1 Å². The molecule has 402 valence electrons. The van der Waals surface area contributed by atoms with E-state index in [1.165, 1.54) is 83.0 Å². The van der Waals surface area contributed by atoms with E-state index in [9.17, 15) is 0 Å². The lowest BCUT2D eigenvalue weighted by atomic mass is 9.69. The highest BCUT2D eigenvalue weighted by atomic mass is 16.5. The highest BCUT2D eigenvalue weighted by molar-refractivity contribution is 6.11. The van der Waals surface area contributed by atoms with E-state index in [-0.39, 0.29) is 0 Å². The Morgan fingerprint density at radius 3 is 1.37 bits per heavy atom. The summed E-state index contributed by atoms with van der Waals surface area (Å²) >= 11 is 0. The van der Waals surface area contributed by atoms with Gasteiger partial charge in [-0.15, -0.1) is 0 Å². The SMILES string of the molecule is C=Cc1ccc(-c2ccc(OCCCCC3(c4ccccc4)c4ccccc4-c4ccc(N(c5ccc(-c6ccccc6)cc5)c5ccc(-c6ccc7c(c6)c6cc(-c8ccc(C=C)cc8)ccc6n7-c6ccccc6)cc5)cc43)cc2)cc1. The molecule has 14 rings (SSSR count). The van der Waals surface area contributed by atoms with E-state index >= 15 is 0 Å². The molecule has 1 aromatic heterocycles. The number of aromatic nitrogens is 1. The Bertz CT molecular complexity index is 4490. The molecule has 0 bridgehead atoms. The third-order valence-corrected chi connectivity index (χ3v) is 17.2. The molecule has 1 aliphatic carbocycles. The Kier molecular flexibility index (Phi) is 13.8. The van der Waals surface area contributed by atoms with Gasteiger partial charge >= 0.3 is 0 Å². The third-order valence-electron chi connectivity index (χ3n) is 17.2. The smallest absolute Gasteiger partial charge is 0.119 e. The molecule has 13 aromatic rings. The van der Waals surface area contributed by atoms with Crippen LogP contribution in [0.1, 0.15) is 47.1 Å². The molecule has 0 saturated heterocycles. The molecule has 12 aromatic carbocycles. The van der Waals surface area contributed by atoms with Crippen molar-refractivity contribution >= 4 is 51.0 Å². The van der Waals surface area contributed by atoms with E-state index < -0.39 is 5.41 Å². The first-order valence-electron chi connectivity index (χ1n) is 29.2. The van der Waals surface area contributed by atoms with Crippen molar-refractivity contribution in [2.75, 3.05) is 11.5 Å². The normalized spacial score (nSPS) is 13.3. The molecule has 0 N–H and O–H groups in total. The van der Waals surface area contributed by atoms with Crippen LogP contribution in [-0.2, 0) is 5.41 Å². The monoisotopic (exact) mass is 1080 g/mol. The molecule has 1 heterocycles. The fraction of sp³-hybridized carbons (Fsp3) is 0.0617. The van der Waals surface area contributed by atoms with Crippen molar-refractivity contribution in [3.63, 3.8) is 0 Å². The minimum atomic E-state index is -0.391. The van der Waals surface area contributed by atoms with E-state index in [0.717, 1.165) is 70.0 Å². The molecule has 1 unspecified atom stereocenters. The van der Waals surface area contributed by atoms with Crippen molar-refractivity contribution in [1.29, 1.82) is 0 Å². The Hall–Kier alpha value is -10.5. The highest BCUT2D eigenvalue weighted by Gasteiger charge is 2.44. The van der Waals surface area contributed by atoms with Crippen LogP contribution in [0.5, 0.6) is 5.75 Å². The predicted octanol–water partition coefficient (Wildman–Crippen LogP) is 21.8. The van der Waals surface area contributed by atoms with Gasteiger partial charge in [0.25, 0.3) is 0 Å². The second kappa shape index (κ2) is 22.5. The lowest BCUT2D eigenvalue weighted by Crippen LogP contribution is -2.27. The fourth-order valence-corrected chi connectivity index (χ4v) is 12.9. The summed E-state index contributed by atoms with van der Waals surface area (Å²) in [6.07, 6.45) is 6.57. The van der Waals surface area contributed by atoms with Gasteiger partial charge in [-0.05, 0) is 188 Å². The second-order valence-electron chi connectivity index (χ2n) is 22.0. The quantitative estimate of drug-likeness (QED) is 0.0846. The summed E-state index contributed by atoms with van der Waals surface area (Å²) in [4.78, 5) is 2.44. The van der Waals surface area contributed by atoms with Crippen LogP contribution in [-0.4, -0.2) is 11.2 Å². The maximum atomic E-state index is 6.45. The van der Waals surface area contributed by atoms with Crippen LogP contribution in [0, 0.1) is 0 Å². The first-order chi connectivity index (χ1) is 41.5. The zero-order valence-electron chi connectivity index (χ0n) is 46.9. The van der Waals surface area contributed by atoms with E-state index in [1.54, 1.807) is 0 Å². The number of nitrogens with zero attached hydrogens (tertiary/aromatic N) is 2. The van der Waals surface area contributed by atoms with Crippen molar-refractivity contribution in [2.24, 2.45) is 0 Å². The predicted molar refractivity (Wildman–Crippen MR) is 355 cm³/mol. The van der Waals surface area contributed by atoms with E-state index in [2.05, 4.69) is 314 Å². The highest BCUT2D eigenvalue weighted by Crippen LogP contribution is 2.56. The first kappa shape index (κ1) is 51.7. The minimum absolute atomic E-state index is 0.391. The van der Waals surface area contributed by atoms with Gasteiger partial charge in [0.2, 0.25) is 0 Å². The summed E-state index contributed by atoms with van der Waals surface area (Å²) in [5, 5.41) is 2.43. The van der Waals surface area contributed by atoms with Crippen LogP contribution in [0.4, 0.5) is 17.1 Å². The number of hydrogen-bond donors (Lipinski definition) is 0. The summed E-state index contributed by atoms with van der Waals surface area (Å²) in [5.41, 5.74) is 24.6. The van der Waals surface area contributed by atoms with Gasteiger partial charge in [-0.2, -0.15) is 0 Å². The first-order valence-corrected chi connectivity index (χ1v) is 29.2. The van der Waals surface area contributed by atoms with Gasteiger partial charge in [-0.25, -0.2) is 0 Å². The van der Waals surface area contributed by atoms with Crippen molar-refractivity contribution in [2.45, 2.75) is 24.7 Å². The minimum Gasteiger partial charge on any atom is -0.494 e. The van der Waals surface area contributed by atoms with Gasteiger partial charge in [0.05, 0.1) is 17.6 Å². The van der Waals surface area contributed by atoms with E-state index in [1.807, 2.05) is 12.2 Å². The zero-order valence-corrected chi connectivity index (χ0v) is 46.9. The number of unbranched alkanes of at least 4 members (excludes halogenated alkanes) is 1. The van der Waals surface area contributed by atoms with Gasteiger partial charge in [-0.1, -0.05) is 232 Å². The summed E-state index contributed by atoms with van der Waals surface area (Å²) in [6.45, 7) is 8.51. The Balaban J connectivity index is 0.823. The number of ether oxygens (including phenoxy) is 1. The van der Waals surface area contributed by atoms with Crippen LogP contribution < -0.4 is 9.64 Å². The van der Waals surface area contributed by atoms with Gasteiger partial charge < -0.3 is 14.2 Å². The molecule has 84 heavy (non-hydrogen) atoms. The Morgan fingerprint density at radius 2 is 0.810 bits per heavy atom. The second-order valence-corrected chi connectivity index (χ2v) is 22.0. The molecule has 0 amide bonds. The van der Waals surface area contributed by atoms with Crippen LogP contribution in [0.3, 0.4) is 0 Å². The zero-order chi connectivity index (χ0) is 56.4. The Labute approximate surface area is 493 Å². The average Bonchev–Trinajstić information content (AvgIpc) is 3.13. The number of fused-ring (bicyclic) bond motifs is 6. The number of anilines is 3.